The molecule has 0 aliphatic carbocycles. The Morgan fingerprint density at radius 3 is 2.91 bits per heavy atom. The Bertz CT molecular complexity index is 716. The van der Waals surface area contributed by atoms with Crippen molar-refractivity contribution in [1.29, 1.82) is 0 Å². The van der Waals surface area contributed by atoms with Gasteiger partial charge in [-0.3, -0.25) is 9.69 Å². The number of benzene rings is 1. The highest BCUT2D eigenvalue weighted by Gasteiger charge is 2.28. The highest BCUT2D eigenvalue weighted by molar-refractivity contribution is 7.10. The van der Waals surface area contributed by atoms with Gasteiger partial charge in [0, 0.05) is 29.2 Å². The minimum atomic E-state index is -0.963. The van der Waals surface area contributed by atoms with Crippen molar-refractivity contribution in [2.75, 3.05) is 18.4 Å². The summed E-state index contributed by atoms with van der Waals surface area (Å²) in [5, 5.41) is 4.73. The van der Waals surface area contributed by atoms with Crippen LogP contribution in [0, 0.1) is 11.6 Å². The minimum absolute atomic E-state index is 0.215. The normalized spacial score (nSPS) is 17.8. The molecule has 1 aromatic heterocycles. The number of hydrogen-bond acceptors (Lipinski definition) is 3. The lowest BCUT2D eigenvalue weighted by atomic mass is 9.98. The van der Waals surface area contributed by atoms with E-state index in [0.29, 0.717) is 0 Å². The number of fused-ring (bicyclic) bond motifs is 1. The van der Waals surface area contributed by atoms with E-state index in [1.807, 2.05) is 0 Å². The fourth-order valence-electron chi connectivity index (χ4n) is 3.07. The zero-order valence-corrected chi connectivity index (χ0v) is 13.6. The maximum Gasteiger partial charge on any atom is 0.238 e. The van der Waals surface area contributed by atoms with Crippen molar-refractivity contribution in [2.45, 2.75) is 25.8 Å². The number of amides is 1. The Morgan fingerprint density at radius 1 is 1.35 bits per heavy atom. The molecule has 6 heteroatoms. The molecule has 3 nitrogen and oxygen atoms in total. The van der Waals surface area contributed by atoms with Gasteiger partial charge in [0.05, 0.1) is 6.54 Å². The second kappa shape index (κ2) is 6.76. The number of anilines is 1. The molecule has 1 aromatic carbocycles. The summed E-state index contributed by atoms with van der Waals surface area (Å²) in [7, 11) is 0. The first-order valence-corrected chi connectivity index (χ1v) is 8.51. The first kappa shape index (κ1) is 16.1. The Kier molecular flexibility index (Phi) is 4.73. The van der Waals surface area contributed by atoms with E-state index in [2.05, 4.69) is 28.6 Å². The van der Waals surface area contributed by atoms with E-state index in [-0.39, 0.29) is 24.2 Å². The number of hydrogen-bond donors (Lipinski definition) is 1. The van der Waals surface area contributed by atoms with Gasteiger partial charge in [0.15, 0.2) is 11.6 Å². The molecule has 0 fully saturated rings. The number of thiophene rings is 1. The minimum Gasteiger partial charge on any atom is -0.325 e. The average molecular weight is 336 g/mol. The molecule has 1 amide bonds. The lowest BCUT2D eigenvalue weighted by Gasteiger charge is -2.34. The highest BCUT2D eigenvalue weighted by Crippen LogP contribution is 2.34. The van der Waals surface area contributed by atoms with Crippen LogP contribution in [0.3, 0.4) is 0 Å². The van der Waals surface area contributed by atoms with Crippen molar-refractivity contribution in [3.63, 3.8) is 0 Å². The standard InChI is InChI=1S/C17H18F2N2OS/c1-2-15-12-6-8-23-16(12)5-7-21(15)10-17(22)20-11-3-4-13(18)14(19)9-11/h3-4,6,8-9,15H,2,5,7,10H2,1H3,(H,20,22). The van der Waals surface area contributed by atoms with Gasteiger partial charge in [-0.1, -0.05) is 6.92 Å². The maximum absolute atomic E-state index is 13.2. The summed E-state index contributed by atoms with van der Waals surface area (Å²) >= 11 is 1.77. The molecule has 2 aromatic rings. The Hall–Kier alpha value is -1.79. The molecule has 2 heterocycles. The molecular formula is C17H18F2N2OS. The summed E-state index contributed by atoms with van der Waals surface area (Å²) in [6.07, 6.45) is 1.88. The van der Waals surface area contributed by atoms with Crippen LogP contribution < -0.4 is 5.32 Å². The molecule has 1 aliphatic rings. The monoisotopic (exact) mass is 336 g/mol. The van der Waals surface area contributed by atoms with Gasteiger partial charge < -0.3 is 5.32 Å². The number of nitrogens with one attached hydrogen (secondary N) is 1. The fraction of sp³-hybridized carbons (Fsp3) is 0.353. The Labute approximate surface area is 137 Å². The van der Waals surface area contributed by atoms with Gasteiger partial charge in [-0.2, -0.15) is 0 Å². The van der Waals surface area contributed by atoms with Crippen LogP contribution in [0.1, 0.15) is 29.8 Å². The van der Waals surface area contributed by atoms with Crippen LogP contribution in [0.2, 0.25) is 0 Å². The van der Waals surface area contributed by atoms with E-state index in [0.717, 1.165) is 31.5 Å². The Morgan fingerprint density at radius 2 is 2.17 bits per heavy atom. The number of nitrogens with zero attached hydrogens (tertiary/aromatic N) is 1. The van der Waals surface area contributed by atoms with E-state index in [1.54, 1.807) is 11.3 Å². The SMILES string of the molecule is CCC1c2ccsc2CCN1CC(=O)Nc1ccc(F)c(F)c1. The summed E-state index contributed by atoms with van der Waals surface area (Å²) < 4.78 is 26.1. The van der Waals surface area contributed by atoms with Crippen molar-refractivity contribution >= 4 is 22.9 Å². The summed E-state index contributed by atoms with van der Waals surface area (Å²) in [5.74, 6) is -2.10. The number of rotatable bonds is 4. The molecule has 122 valence electrons. The highest BCUT2D eigenvalue weighted by atomic mass is 32.1. The molecule has 0 saturated heterocycles. The second-order valence-electron chi connectivity index (χ2n) is 5.62. The molecule has 0 saturated carbocycles. The summed E-state index contributed by atoms with van der Waals surface area (Å²) in [4.78, 5) is 15.8. The van der Waals surface area contributed by atoms with Crippen LogP contribution in [-0.2, 0) is 11.2 Å². The third-order valence-electron chi connectivity index (χ3n) is 4.14. The lowest BCUT2D eigenvalue weighted by Crippen LogP contribution is -2.40. The molecule has 1 N–H and O–H groups in total. The molecule has 1 unspecified atom stereocenters. The van der Waals surface area contributed by atoms with E-state index in [9.17, 15) is 13.6 Å². The zero-order valence-electron chi connectivity index (χ0n) is 12.8. The predicted molar refractivity (Wildman–Crippen MR) is 87.6 cm³/mol. The summed E-state index contributed by atoms with van der Waals surface area (Å²) in [6.45, 7) is 3.18. The fourth-order valence-corrected chi connectivity index (χ4v) is 4.00. The van der Waals surface area contributed by atoms with Gasteiger partial charge in [0.25, 0.3) is 0 Å². The van der Waals surface area contributed by atoms with Gasteiger partial charge in [-0.05, 0) is 42.0 Å². The number of halogens is 2. The van der Waals surface area contributed by atoms with Crippen molar-refractivity contribution in [3.8, 4) is 0 Å². The van der Waals surface area contributed by atoms with Crippen LogP contribution in [0.4, 0.5) is 14.5 Å². The van der Waals surface area contributed by atoms with Crippen LogP contribution >= 0.6 is 11.3 Å². The number of carbonyl (C=O) groups excluding carboxylic acids is 1. The van der Waals surface area contributed by atoms with Crippen molar-refractivity contribution in [1.82, 2.24) is 4.90 Å². The topological polar surface area (TPSA) is 32.3 Å². The van der Waals surface area contributed by atoms with Crippen LogP contribution in [-0.4, -0.2) is 23.9 Å². The van der Waals surface area contributed by atoms with Gasteiger partial charge in [0.2, 0.25) is 5.91 Å². The zero-order chi connectivity index (χ0) is 16.4. The predicted octanol–water partition coefficient (Wildman–Crippen LogP) is 3.97. The molecular weight excluding hydrogens is 318 g/mol. The van der Waals surface area contributed by atoms with Gasteiger partial charge in [-0.25, -0.2) is 8.78 Å². The van der Waals surface area contributed by atoms with E-state index < -0.39 is 11.6 Å². The third kappa shape index (κ3) is 3.43. The molecule has 0 bridgehead atoms. The molecule has 0 spiro atoms. The van der Waals surface area contributed by atoms with Crippen molar-refractivity contribution in [2.24, 2.45) is 0 Å². The first-order chi connectivity index (χ1) is 11.1. The molecule has 1 atom stereocenters. The maximum atomic E-state index is 13.2. The molecule has 1 aliphatic heterocycles. The third-order valence-corrected chi connectivity index (χ3v) is 5.14. The van der Waals surface area contributed by atoms with Crippen molar-refractivity contribution in [3.05, 3.63) is 51.7 Å². The van der Waals surface area contributed by atoms with E-state index in [4.69, 9.17) is 0 Å². The first-order valence-electron chi connectivity index (χ1n) is 7.63. The lowest BCUT2D eigenvalue weighted by molar-refractivity contribution is -0.118. The quantitative estimate of drug-likeness (QED) is 0.916. The van der Waals surface area contributed by atoms with Crippen molar-refractivity contribution < 1.29 is 13.6 Å². The summed E-state index contributed by atoms with van der Waals surface area (Å²) in [6, 6.07) is 5.74. The van der Waals surface area contributed by atoms with Crippen LogP contribution in [0.15, 0.2) is 29.6 Å². The Balaban J connectivity index is 1.66. The van der Waals surface area contributed by atoms with E-state index >= 15 is 0 Å². The largest absolute Gasteiger partial charge is 0.325 e. The summed E-state index contributed by atoms with van der Waals surface area (Å²) in [5.41, 5.74) is 1.58. The number of carbonyl (C=O) groups is 1. The molecule has 23 heavy (non-hydrogen) atoms. The molecule has 3 rings (SSSR count). The van der Waals surface area contributed by atoms with Gasteiger partial charge in [-0.15, -0.1) is 11.3 Å². The molecule has 0 radical (unpaired) electrons. The van der Waals surface area contributed by atoms with Gasteiger partial charge in [0.1, 0.15) is 0 Å². The van der Waals surface area contributed by atoms with Crippen LogP contribution in [0.5, 0.6) is 0 Å². The van der Waals surface area contributed by atoms with Gasteiger partial charge >= 0.3 is 0 Å². The smallest absolute Gasteiger partial charge is 0.238 e. The van der Waals surface area contributed by atoms with Crippen LogP contribution in [0.25, 0.3) is 0 Å². The second-order valence-corrected chi connectivity index (χ2v) is 6.62. The van der Waals surface area contributed by atoms with E-state index in [1.165, 1.54) is 16.5 Å². The average Bonchev–Trinajstić information content (AvgIpc) is 2.99.